The summed E-state index contributed by atoms with van der Waals surface area (Å²) >= 11 is 0. The molecule has 0 bridgehead atoms. The summed E-state index contributed by atoms with van der Waals surface area (Å²) < 4.78 is 5.98. The summed E-state index contributed by atoms with van der Waals surface area (Å²) in [6.45, 7) is 0. The monoisotopic (exact) mass is 321 g/mol. The minimum absolute atomic E-state index is 0.714. The summed E-state index contributed by atoms with van der Waals surface area (Å²) in [5.74, 6) is 0.714. The zero-order valence-corrected chi connectivity index (χ0v) is 13.3. The highest BCUT2D eigenvalue weighted by atomic mass is 16.3. The smallest absolute Gasteiger partial charge is 0.159 e. The molecule has 2 aromatic heterocycles. The SMILES string of the molecule is [c]1ccccc1-c1ccc2oc3ccc(-c4ncccn4)cc3c2c1. The van der Waals surface area contributed by atoms with Gasteiger partial charge in [-0.15, -0.1) is 0 Å². The zero-order valence-electron chi connectivity index (χ0n) is 13.3. The van der Waals surface area contributed by atoms with Gasteiger partial charge in [0.15, 0.2) is 5.82 Å². The molecule has 1 radical (unpaired) electrons. The molecule has 3 aromatic carbocycles. The quantitative estimate of drug-likeness (QED) is 0.430. The van der Waals surface area contributed by atoms with Gasteiger partial charge in [-0.3, -0.25) is 0 Å². The van der Waals surface area contributed by atoms with Crippen LogP contribution in [0.15, 0.2) is 83.5 Å². The first-order valence-electron chi connectivity index (χ1n) is 8.09. The van der Waals surface area contributed by atoms with Gasteiger partial charge < -0.3 is 4.42 Å². The second-order valence-electron chi connectivity index (χ2n) is 5.87. The van der Waals surface area contributed by atoms with Crippen molar-refractivity contribution in [3.63, 3.8) is 0 Å². The Hall–Kier alpha value is -3.46. The molecule has 0 amide bonds. The molecule has 0 N–H and O–H groups in total. The van der Waals surface area contributed by atoms with E-state index in [-0.39, 0.29) is 0 Å². The van der Waals surface area contributed by atoms with E-state index in [9.17, 15) is 0 Å². The van der Waals surface area contributed by atoms with Gasteiger partial charge in [-0.1, -0.05) is 30.3 Å². The Kier molecular flexibility index (Phi) is 3.10. The summed E-state index contributed by atoms with van der Waals surface area (Å²) in [6.07, 6.45) is 3.51. The van der Waals surface area contributed by atoms with Crippen molar-refractivity contribution in [2.24, 2.45) is 0 Å². The van der Waals surface area contributed by atoms with Crippen LogP contribution in [-0.4, -0.2) is 9.97 Å². The third-order valence-corrected chi connectivity index (χ3v) is 4.31. The molecule has 0 spiro atoms. The maximum absolute atomic E-state index is 5.98. The number of rotatable bonds is 2. The standard InChI is InChI=1S/C22H13N2O/c1-2-5-15(6-3-1)16-7-9-20-18(13-16)19-14-17(8-10-21(19)25-20)22-23-11-4-12-24-22/h1-5,7-14H. The highest BCUT2D eigenvalue weighted by Crippen LogP contribution is 2.34. The van der Waals surface area contributed by atoms with Gasteiger partial charge in [-0.25, -0.2) is 9.97 Å². The fourth-order valence-electron chi connectivity index (χ4n) is 3.11. The number of nitrogens with zero attached hydrogens (tertiary/aromatic N) is 2. The number of fused-ring (bicyclic) bond motifs is 3. The highest BCUT2D eigenvalue weighted by Gasteiger charge is 2.10. The van der Waals surface area contributed by atoms with Crippen LogP contribution in [-0.2, 0) is 0 Å². The molecule has 0 unspecified atom stereocenters. The van der Waals surface area contributed by atoms with Crippen LogP contribution in [0.5, 0.6) is 0 Å². The summed E-state index contributed by atoms with van der Waals surface area (Å²) in [7, 11) is 0. The van der Waals surface area contributed by atoms with Crippen LogP contribution in [0, 0.1) is 6.07 Å². The topological polar surface area (TPSA) is 38.9 Å². The lowest BCUT2D eigenvalue weighted by atomic mass is 10.0. The van der Waals surface area contributed by atoms with Crippen molar-refractivity contribution in [1.29, 1.82) is 0 Å². The Morgan fingerprint density at radius 3 is 2.16 bits per heavy atom. The first-order chi connectivity index (χ1) is 12.4. The van der Waals surface area contributed by atoms with Crippen LogP contribution in [0.25, 0.3) is 44.5 Å². The Morgan fingerprint density at radius 2 is 1.44 bits per heavy atom. The molecule has 0 saturated carbocycles. The van der Waals surface area contributed by atoms with Gasteiger partial charge in [0.25, 0.3) is 0 Å². The van der Waals surface area contributed by atoms with Crippen LogP contribution < -0.4 is 0 Å². The molecule has 3 heteroatoms. The second-order valence-corrected chi connectivity index (χ2v) is 5.87. The number of furan rings is 1. The predicted octanol–water partition coefficient (Wildman–Crippen LogP) is 5.51. The fraction of sp³-hybridized carbons (Fsp3) is 0. The maximum atomic E-state index is 5.98. The molecule has 2 heterocycles. The molecule has 3 nitrogen and oxygen atoms in total. The average Bonchev–Trinajstić information content (AvgIpc) is 3.06. The maximum Gasteiger partial charge on any atom is 0.159 e. The molecule has 0 aliphatic carbocycles. The predicted molar refractivity (Wildman–Crippen MR) is 99.0 cm³/mol. The van der Waals surface area contributed by atoms with E-state index in [1.807, 2.05) is 42.5 Å². The van der Waals surface area contributed by atoms with Gasteiger partial charge in [0.2, 0.25) is 0 Å². The lowest BCUT2D eigenvalue weighted by Gasteiger charge is -2.01. The van der Waals surface area contributed by atoms with E-state index < -0.39 is 0 Å². The number of aromatic nitrogens is 2. The lowest BCUT2D eigenvalue weighted by Crippen LogP contribution is -1.85. The number of hydrogen-bond donors (Lipinski definition) is 0. The molecule has 117 valence electrons. The van der Waals surface area contributed by atoms with Crippen molar-refractivity contribution in [3.8, 4) is 22.5 Å². The molecule has 25 heavy (non-hydrogen) atoms. The van der Waals surface area contributed by atoms with Crippen LogP contribution in [0.4, 0.5) is 0 Å². The second kappa shape index (κ2) is 5.56. The van der Waals surface area contributed by atoms with Crippen molar-refractivity contribution in [2.75, 3.05) is 0 Å². The van der Waals surface area contributed by atoms with Crippen molar-refractivity contribution in [2.45, 2.75) is 0 Å². The van der Waals surface area contributed by atoms with Crippen LogP contribution >= 0.6 is 0 Å². The highest BCUT2D eigenvalue weighted by molar-refractivity contribution is 6.07. The first-order valence-corrected chi connectivity index (χ1v) is 8.09. The molecular weight excluding hydrogens is 308 g/mol. The van der Waals surface area contributed by atoms with E-state index in [1.165, 1.54) is 0 Å². The third kappa shape index (κ3) is 2.37. The summed E-state index contributed by atoms with van der Waals surface area (Å²) in [4.78, 5) is 8.68. The average molecular weight is 321 g/mol. The Balaban J connectivity index is 1.73. The number of benzene rings is 3. The Bertz CT molecular complexity index is 1080. The zero-order chi connectivity index (χ0) is 16.6. The van der Waals surface area contributed by atoms with Gasteiger partial charge in [0, 0.05) is 28.7 Å². The normalized spacial score (nSPS) is 11.2. The van der Waals surface area contributed by atoms with Crippen molar-refractivity contribution in [3.05, 3.63) is 85.2 Å². The van der Waals surface area contributed by atoms with Crippen molar-refractivity contribution in [1.82, 2.24) is 9.97 Å². The molecule has 5 aromatic rings. The van der Waals surface area contributed by atoms with E-state index in [2.05, 4.69) is 40.3 Å². The minimum atomic E-state index is 0.714. The van der Waals surface area contributed by atoms with Crippen molar-refractivity contribution < 1.29 is 4.42 Å². The van der Waals surface area contributed by atoms with Crippen LogP contribution in [0.2, 0.25) is 0 Å². The van der Waals surface area contributed by atoms with Gasteiger partial charge in [0.05, 0.1) is 0 Å². The molecule has 0 aliphatic rings. The molecule has 0 atom stereocenters. The summed E-state index contributed by atoms with van der Waals surface area (Å²) in [5.41, 5.74) is 4.91. The van der Waals surface area contributed by atoms with E-state index in [1.54, 1.807) is 12.4 Å². The minimum Gasteiger partial charge on any atom is -0.456 e. The van der Waals surface area contributed by atoms with Gasteiger partial charge in [0.1, 0.15) is 11.2 Å². The third-order valence-electron chi connectivity index (χ3n) is 4.31. The Labute approximate surface area is 144 Å². The van der Waals surface area contributed by atoms with Gasteiger partial charge >= 0.3 is 0 Å². The Morgan fingerprint density at radius 1 is 0.720 bits per heavy atom. The molecule has 0 fully saturated rings. The molecule has 0 saturated heterocycles. The van der Waals surface area contributed by atoms with E-state index in [0.717, 1.165) is 38.6 Å². The molecular formula is C22H13N2O. The number of hydrogen-bond acceptors (Lipinski definition) is 3. The fourth-order valence-corrected chi connectivity index (χ4v) is 3.11. The summed E-state index contributed by atoms with van der Waals surface area (Å²) in [6, 6.07) is 25.4. The first kappa shape index (κ1) is 13.9. The largest absolute Gasteiger partial charge is 0.456 e. The molecule has 5 rings (SSSR count). The van der Waals surface area contributed by atoms with Crippen LogP contribution in [0.1, 0.15) is 0 Å². The van der Waals surface area contributed by atoms with E-state index in [4.69, 9.17) is 4.42 Å². The van der Waals surface area contributed by atoms with Gasteiger partial charge in [-0.2, -0.15) is 0 Å². The van der Waals surface area contributed by atoms with E-state index in [0.29, 0.717) is 5.82 Å². The molecule has 0 aliphatic heterocycles. The lowest BCUT2D eigenvalue weighted by molar-refractivity contribution is 0.669. The van der Waals surface area contributed by atoms with Crippen LogP contribution in [0.3, 0.4) is 0 Å². The van der Waals surface area contributed by atoms with Gasteiger partial charge in [-0.05, 0) is 53.6 Å². The van der Waals surface area contributed by atoms with Crippen molar-refractivity contribution >= 4 is 21.9 Å². The van der Waals surface area contributed by atoms with E-state index >= 15 is 0 Å². The summed E-state index contributed by atoms with van der Waals surface area (Å²) in [5, 5.41) is 2.15.